The molecule has 0 aromatic heterocycles. The van der Waals surface area contributed by atoms with Crippen LogP contribution in [0.3, 0.4) is 0 Å². The van der Waals surface area contributed by atoms with Gasteiger partial charge >= 0.3 is 6.18 Å². The van der Waals surface area contributed by atoms with Crippen LogP contribution in [0.2, 0.25) is 0 Å². The van der Waals surface area contributed by atoms with Crippen molar-refractivity contribution in [3.8, 4) is 0 Å². The fourth-order valence-electron chi connectivity index (χ4n) is 16.4. The number of rotatable bonds is 11. The van der Waals surface area contributed by atoms with Crippen LogP contribution in [-0.4, -0.2) is 251 Å². The van der Waals surface area contributed by atoms with Crippen LogP contribution in [0, 0.1) is 35.5 Å². The van der Waals surface area contributed by atoms with Gasteiger partial charge in [-0.05, 0) is 132 Å². The Bertz CT molecular complexity index is 2880. The third-order valence-electron chi connectivity index (χ3n) is 23.1. The second-order valence-corrected chi connectivity index (χ2v) is 31.4. The Balaban J connectivity index is 1.26. The number of carbonyl (C=O) groups excluding carboxylic acids is 12. The minimum Gasteiger partial charge on any atom is -0.343 e. The molecule has 0 radical (unpaired) electrons. The maximum atomic E-state index is 15.6. The Kier molecular flexibility index (Phi) is 29.8. The van der Waals surface area contributed by atoms with Gasteiger partial charge in [0.2, 0.25) is 70.9 Å². The van der Waals surface area contributed by atoms with E-state index in [1.807, 2.05) is 20.8 Å². The van der Waals surface area contributed by atoms with Gasteiger partial charge in [0.15, 0.2) is 0 Å². The van der Waals surface area contributed by atoms with Crippen LogP contribution in [0.25, 0.3) is 0 Å². The van der Waals surface area contributed by atoms with Crippen LogP contribution in [0.5, 0.6) is 0 Å². The van der Waals surface area contributed by atoms with Gasteiger partial charge < -0.3 is 60.5 Å². The van der Waals surface area contributed by atoms with Gasteiger partial charge in [0.05, 0.1) is 32.0 Å². The molecule has 3 aliphatic heterocycles. The molecule has 7 rings (SSSR count). The number of carbonyl (C=O) groups is 12. The molecule has 1 spiro atoms. The zero-order chi connectivity index (χ0) is 73.5. The molecule has 0 bridgehead atoms. The number of hydrogen-bond acceptors (Lipinski definition) is 12. The summed E-state index contributed by atoms with van der Waals surface area (Å²) in [5, 5.41) is 10.7. The van der Waals surface area contributed by atoms with Crippen molar-refractivity contribution in [2.45, 2.75) is 267 Å². The van der Waals surface area contributed by atoms with E-state index >= 15 is 28.8 Å². The number of nitrogens with one attached hydrogen (secondary N) is 4. The summed E-state index contributed by atoms with van der Waals surface area (Å²) in [5.41, 5.74) is -1.56. The summed E-state index contributed by atoms with van der Waals surface area (Å²) in [7, 11) is 8.54. The topological polar surface area (TPSA) is 279 Å². The number of alkyl halides is 4. The van der Waals surface area contributed by atoms with Gasteiger partial charge in [-0.3, -0.25) is 57.5 Å². The van der Waals surface area contributed by atoms with Gasteiger partial charge in [-0.15, -0.1) is 11.6 Å². The molecule has 564 valence electrons. The van der Waals surface area contributed by atoms with E-state index in [2.05, 4.69) is 21.3 Å². The molecule has 3 unspecified atom stereocenters. The molecule has 11 atom stereocenters. The lowest BCUT2D eigenvalue weighted by Crippen LogP contribution is -2.65. The summed E-state index contributed by atoms with van der Waals surface area (Å²) >= 11 is 6.40. The molecule has 3 saturated heterocycles. The minimum absolute atomic E-state index is 0.00271. The predicted octanol–water partition coefficient (Wildman–Crippen LogP) is 6.14. The average molecular weight is 1430 g/mol. The van der Waals surface area contributed by atoms with E-state index in [4.69, 9.17) is 11.6 Å². The standard InChI is InChI=1S/C72H116ClF3N12O12/c1-11-46(4)61-68(98)83(7)43-59(91)81(5)44-60(92)85(9)55(40-47-24-15-12-16-25-47)66(96)82(6)42-57(89)77-52(32-30-48-29-31-50(51(73)39-48)72(74,75)76)65(95)88-37-23-28-53(88)64(94)80-71(33-19-20-34-71)70(100)79-62(49-26-17-13-18-27-49)69(99)86(10)56(67(97)87-35-21-14-22-36-87)41-58(90)84(8)54(38-45(2)3)63(93)78-61/h45-56,61-62H,11-44H2,1-10H3,(H,77,89)(H,78,93)(H,79,100)(H,80,94)/t46-,48?,50?,51?,52-,53-,54-,55-,56-,61-,62-/m0/s1. The Morgan fingerprint density at radius 1 is 0.580 bits per heavy atom. The lowest BCUT2D eigenvalue weighted by atomic mass is 9.78. The van der Waals surface area contributed by atoms with Crippen LogP contribution in [0.4, 0.5) is 13.2 Å². The summed E-state index contributed by atoms with van der Waals surface area (Å²) in [6.45, 7) is 6.58. The lowest BCUT2D eigenvalue weighted by Gasteiger charge is -2.40. The summed E-state index contributed by atoms with van der Waals surface area (Å²) in [6, 6.07) is -8.56. The van der Waals surface area contributed by atoms with Crippen LogP contribution in [0.15, 0.2) is 0 Å². The van der Waals surface area contributed by atoms with Crippen LogP contribution in [-0.2, 0) is 57.5 Å². The molecule has 4 N–H and O–H groups in total. The molecule has 28 heteroatoms. The summed E-state index contributed by atoms with van der Waals surface area (Å²) in [5.74, 6) is -10.6. The molecule has 0 aromatic carbocycles. The molecular formula is C72H116ClF3N12O12. The molecule has 100 heavy (non-hydrogen) atoms. The first kappa shape index (κ1) is 81.0. The third kappa shape index (κ3) is 21.0. The number of likely N-dealkylation sites (tertiary alicyclic amines) is 1. The van der Waals surface area contributed by atoms with Crippen molar-refractivity contribution >= 4 is 82.5 Å². The number of piperidine rings is 1. The highest BCUT2D eigenvalue weighted by atomic mass is 35.5. The van der Waals surface area contributed by atoms with Crippen molar-refractivity contribution in [1.29, 1.82) is 0 Å². The molecule has 12 amide bonds. The van der Waals surface area contributed by atoms with E-state index in [0.717, 1.165) is 72.5 Å². The van der Waals surface area contributed by atoms with E-state index < -0.39 is 174 Å². The molecule has 4 saturated carbocycles. The SMILES string of the molecule is CC[C@H](C)[C@@H]1NC(=O)[C@H](CC(C)C)N(C)C(=O)C[C@@H](C(=O)N2CCCCC2)N(C)C(=O)[C@H](C2CCCCC2)NC(=O)C2(CCCC2)NC(=O)[C@@H]2CCCN2C(=O)[C@H](CCC2CCC(C(F)(F)F)C(Cl)C2)NC(=O)CN(C)C(=O)[C@H](CC2CCCCC2)N(C)C(=O)CN(C)C(=O)CN(C)C1=O. The largest absolute Gasteiger partial charge is 0.393 e. The van der Waals surface area contributed by atoms with Gasteiger partial charge in [0.1, 0.15) is 47.8 Å². The van der Waals surface area contributed by atoms with E-state index in [-0.39, 0.29) is 88.5 Å². The highest BCUT2D eigenvalue weighted by Crippen LogP contribution is 2.44. The predicted molar refractivity (Wildman–Crippen MR) is 370 cm³/mol. The van der Waals surface area contributed by atoms with Crippen molar-refractivity contribution in [3.63, 3.8) is 0 Å². The fourth-order valence-corrected chi connectivity index (χ4v) is 16.9. The van der Waals surface area contributed by atoms with Gasteiger partial charge in [-0.25, -0.2) is 0 Å². The highest BCUT2D eigenvalue weighted by Gasteiger charge is 2.51. The molecule has 4 aliphatic carbocycles. The fraction of sp³-hybridized carbons (Fsp3) is 0.833. The second-order valence-electron chi connectivity index (χ2n) is 30.8. The van der Waals surface area contributed by atoms with Crippen LogP contribution >= 0.6 is 11.6 Å². The van der Waals surface area contributed by atoms with Crippen molar-refractivity contribution in [2.75, 3.05) is 81.6 Å². The number of fused-ring (bicyclic) bond motifs is 1. The normalized spacial score (nSPS) is 30.0. The summed E-state index contributed by atoms with van der Waals surface area (Å²) in [4.78, 5) is 189. The zero-order valence-electron chi connectivity index (χ0n) is 61.1. The highest BCUT2D eigenvalue weighted by molar-refractivity contribution is 6.21. The van der Waals surface area contributed by atoms with Crippen LogP contribution in [0.1, 0.15) is 207 Å². The first-order valence-corrected chi connectivity index (χ1v) is 37.7. The number of likely N-dealkylation sites (N-methyl/N-ethyl adjacent to an activating group) is 6. The average Bonchev–Trinajstić information content (AvgIpc) is 1.78. The lowest BCUT2D eigenvalue weighted by molar-refractivity contribution is -0.182. The minimum atomic E-state index is -4.51. The van der Waals surface area contributed by atoms with Gasteiger partial charge in [0, 0.05) is 67.3 Å². The van der Waals surface area contributed by atoms with E-state index in [9.17, 15) is 41.9 Å². The van der Waals surface area contributed by atoms with Crippen molar-refractivity contribution in [2.24, 2.45) is 35.5 Å². The van der Waals surface area contributed by atoms with Gasteiger partial charge in [0.25, 0.3) is 0 Å². The van der Waals surface area contributed by atoms with E-state index in [1.54, 1.807) is 11.8 Å². The quantitative estimate of drug-likeness (QED) is 0.170. The maximum absolute atomic E-state index is 15.6. The molecule has 7 aliphatic rings. The van der Waals surface area contributed by atoms with Gasteiger partial charge in [-0.1, -0.05) is 98.3 Å². The number of nitrogens with zero attached hydrogens (tertiary/aromatic N) is 8. The summed E-state index contributed by atoms with van der Waals surface area (Å²) in [6.07, 6.45) is 7.89. The number of halogens is 4. The maximum Gasteiger partial charge on any atom is 0.393 e. The second kappa shape index (κ2) is 36.7. The van der Waals surface area contributed by atoms with E-state index in [0.29, 0.717) is 64.5 Å². The van der Waals surface area contributed by atoms with Crippen LogP contribution < -0.4 is 21.3 Å². The Morgan fingerprint density at radius 2 is 1.18 bits per heavy atom. The van der Waals surface area contributed by atoms with Crippen molar-refractivity contribution in [3.05, 3.63) is 0 Å². The molecule has 3 heterocycles. The Labute approximate surface area is 595 Å². The van der Waals surface area contributed by atoms with E-state index in [1.165, 1.54) is 61.9 Å². The number of amides is 12. The molecule has 7 fully saturated rings. The monoisotopic (exact) mass is 1430 g/mol. The van der Waals surface area contributed by atoms with Crippen molar-refractivity contribution < 1.29 is 70.7 Å². The molecule has 0 aromatic rings. The van der Waals surface area contributed by atoms with Gasteiger partial charge in [-0.2, -0.15) is 13.2 Å². The third-order valence-corrected chi connectivity index (χ3v) is 23.5. The Morgan fingerprint density at radius 3 is 1.79 bits per heavy atom. The Hall–Kier alpha value is -6.28. The molecular weight excluding hydrogens is 1320 g/mol. The first-order chi connectivity index (χ1) is 47.3. The van der Waals surface area contributed by atoms with Crippen molar-refractivity contribution in [1.82, 2.24) is 60.5 Å². The summed E-state index contributed by atoms with van der Waals surface area (Å²) < 4.78 is 42.0. The zero-order valence-corrected chi connectivity index (χ0v) is 61.9. The first-order valence-electron chi connectivity index (χ1n) is 37.3. The smallest absolute Gasteiger partial charge is 0.343 e. The number of hydrogen-bond donors (Lipinski definition) is 4. The molecule has 24 nitrogen and oxygen atoms in total.